The lowest BCUT2D eigenvalue weighted by atomic mass is 10.1. The summed E-state index contributed by atoms with van der Waals surface area (Å²) in [6.07, 6.45) is 7.50. The molecule has 0 aromatic rings. The SMILES string of the molecule is CCCCCCCCO.F. The van der Waals surface area contributed by atoms with Crippen molar-refractivity contribution in [2.45, 2.75) is 45.4 Å². The first-order valence-corrected chi connectivity index (χ1v) is 4.02. The van der Waals surface area contributed by atoms with E-state index in [1.807, 2.05) is 0 Å². The van der Waals surface area contributed by atoms with Crippen LogP contribution in [0.3, 0.4) is 0 Å². The van der Waals surface area contributed by atoms with Gasteiger partial charge in [-0.2, -0.15) is 0 Å². The average Bonchev–Trinajstić information content (AvgIpc) is 1.89. The van der Waals surface area contributed by atoms with Crippen LogP contribution in [0.25, 0.3) is 0 Å². The highest BCUT2D eigenvalue weighted by molar-refractivity contribution is 4.41. The molecule has 0 aliphatic carbocycles. The summed E-state index contributed by atoms with van der Waals surface area (Å²) in [5, 5.41) is 8.42. The molecule has 1 nitrogen and oxygen atoms in total. The standard InChI is InChI=1S/C8H18O.FH/c1-2-3-4-5-6-7-8-9;/h9H,2-8H2,1H3;1H. The van der Waals surface area contributed by atoms with E-state index >= 15 is 0 Å². The topological polar surface area (TPSA) is 20.2 Å². The molecule has 0 atom stereocenters. The minimum Gasteiger partial charge on any atom is -0.396 e. The molecule has 64 valence electrons. The van der Waals surface area contributed by atoms with Crippen molar-refractivity contribution in [3.8, 4) is 0 Å². The third kappa shape index (κ3) is 10.8. The summed E-state index contributed by atoms with van der Waals surface area (Å²) in [4.78, 5) is 0. The van der Waals surface area contributed by atoms with Gasteiger partial charge in [0.1, 0.15) is 0 Å². The highest BCUT2D eigenvalue weighted by atomic mass is 19.0. The lowest BCUT2D eigenvalue weighted by Gasteiger charge is -1.95. The van der Waals surface area contributed by atoms with E-state index in [1.165, 1.54) is 32.1 Å². The molecule has 0 saturated carbocycles. The Balaban J connectivity index is 0. The monoisotopic (exact) mass is 150 g/mol. The van der Waals surface area contributed by atoms with Crippen molar-refractivity contribution in [1.29, 1.82) is 0 Å². The van der Waals surface area contributed by atoms with E-state index in [0.29, 0.717) is 6.61 Å². The predicted octanol–water partition coefficient (Wildman–Crippen LogP) is 2.49. The van der Waals surface area contributed by atoms with Gasteiger partial charge in [0.15, 0.2) is 0 Å². The Bertz CT molecular complexity index is 42.5. The van der Waals surface area contributed by atoms with Crippen molar-refractivity contribution in [2.24, 2.45) is 0 Å². The second kappa shape index (κ2) is 11.7. The molecule has 2 heteroatoms. The van der Waals surface area contributed by atoms with Gasteiger partial charge >= 0.3 is 0 Å². The van der Waals surface area contributed by atoms with E-state index in [-0.39, 0.29) is 4.70 Å². The number of hydrogen-bond donors (Lipinski definition) is 1. The summed E-state index contributed by atoms with van der Waals surface area (Å²) in [7, 11) is 0. The Hall–Kier alpha value is -0.110. The number of rotatable bonds is 6. The molecule has 0 spiro atoms. The first-order valence-electron chi connectivity index (χ1n) is 4.02. The van der Waals surface area contributed by atoms with Gasteiger partial charge < -0.3 is 5.11 Å². The molecule has 0 aromatic heterocycles. The van der Waals surface area contributed by atoms with Crippen LogP contribution in [0.2, 0.25) is 0 Å². The molecule has 0 rings (SSSR count). The van der Waals surface area contributed by atoms with Crippen molar-refractivity contribution >= 4 is 0 Å². The summed E-state index contributed by atoms with van der Waals surface area (Å²) >= 11 is 0. The van der Waals surface area contributed by atoms with E-state index in [0.717, 1.165) is 6.42 Å². The largest absolute Gasteiger partial charge is 0.396 e. The minimum atomic E-state index is 0. The first-order chi connectivity index (χ1) is 4.41. The number of aliphatic hydroxyl groups excluding tert-OH is 1. The zero-order chi connectivity index (χ0) is 6.95. The van der Waals surface area contributed by atoms with Crippen LogP contribution in [0.4, 0.5) is 4.70 Å². The summed E-state index contributed by atoms with van der Waals surface area (Å²) < 4.78 is 0. The average molecular weight is 150 g/mol. The lowest BCUT2D eigenvalue weighted by molar-refractivity contribution is 0.282. The third-order valence-corrected chi connectivity index (χ3v) is 1.51. The normalized spacial score (nSPS) is 9.00. The summed E-state index contributed by atoms with van der Waals surface area (Å²) in [6.45, 7) is 2.58. The number of hydrogen-bond acceptors (Lipinski definition) is 1. The van der Waals surface area contributed by atoms with Gasteiger partial charge in [-0.15, -0.1) is 0 Å². The van der Waals surface area contributed by atoms with Crippen LogP contribution in [0, 0.1) is 0 Å². The minimum absolute atomic E-state index is 0. The van der Waals surface area contributed by atoms with Crippen molar-refractivity contribution < 1.29 is 9.81 Å². The quantitative estimate of drug-likeness (QED) is 0.577. The molecule has 10 heavy (non-hydrogen) atoms. The second-order valence-electron chi connectivity index (χ2n) is 2.49. The molecular weight excluding hydrogens is 131 g/mol. The van der Waals surface area contributed by atoms with E-state index in [9.17, 15) is 0 Å². The molecule has 0 bridgehead atoms. The van der Waals surface area contributed by atoms with Crippen LogP contribution in [0.5, 0.6) is 0 Å². The molecule has 0 amide bonds. The Kier molecular flexibility index (Phi) is 14.6. The van der Waals surface area contributed by atoms with Gasteiger partial charge in [-0.3, -0.25) is 4.70 Å². The fraction of sp³-hybridized carbons (Fsp3) is 1.00. The van der Waals surface area contributed by atoms with Gasteiger partial charge in [-0.25, -0.2) is 0 Å². The van der Waals surface area contributed by atoms with Crippen molar-refractivity contribution in [1.82, 2.24) is 0 Å². The van der Waals surface area contributed by atoms with Crippen LogP contribution >= 0.6 is 0 Å². The summed E-state index contributed by atoms with van der Waals surface area (Å²) in [6, 6.07) is 0. The first kappa shape index (κ1) is 12.6. The number of halogens is 1. The molecule has 1 N–H and O–H groups in total. The van der Waals surface area contributed by atoms with Gasteiger partial charge in [0.05, 0.1) is 0 Å². The van der Waals surface area contributed by atoms with Crippen LogP contribution in [-0.2, 0) is 0 Å². The molecule has 0 fully saturated rings. The van der Waals surface area contributed by atoms with Crippen LogP contribution in [-0.4, -0.2) is 11.7 Å². The zero-order valence-corrected chi connectivity index (χ0v) is 6.81. The van der Waals surface area contributed by atoms with E-state index in [4.69, 9.17) is 5.11 Å². The molecule has 0 saturated heterocycles. The highest BCUT2D eigenvalue weighted by Crippen LogP contribution is 2.03. The van der Waals surface area contributed by atoms with E-state index in [1.54, 1.807) is 0 Å². The fourth-order valence-corrected chi connectivity index (χ4v) is 0.892. The maximum Gasteiger partial charge on any atom is 0.0431 e. The fourth-order valence-electron chi connectivity index (χ4n) is 0.892. The maximum atomic E-state index is 8.42. The van der Waals surface area contributed by atoms with Gasteiger partial charge in [-0.05, 0) is 6.42 Å². The summed E-state index contributed by atoms with van der Waals surface area (Å²) in [5.74, 6) is 0. The van der Waals surface area contributed by atoms with Gasteiger partial charge in [0.2, 0.25) is 0 Å². The Morgan fingerprint density at radius 1 is 0.900 bits per heavy atom. The Morgan fingerprint density at radius 3 is 1.90 bits per heavy atom. The predicted molar refractivity (Wildman–Crippen MR) is 43.0 cm³/mol. The Labute approximate surface area is 62.8 Å². The van der Waals surface area contributed by atoms with E-state index < -0.39 is 0 Å². The molecular formula is C8H19FO. The smallest absolute Gasteiger partial charge is 0.0431 e. The maximum absolute atomic E-state index is 8.42. The van der Waals surface area contributed by atoms with Crippen molar-refractivity contribution in [3.05, 3.63) is 0 Å². The molecule has 0 aliphatic rings. The highest BCUT2D eigenvalue weighted by Gasteiger charge is 1.86. The van der Waals surface area contributed by atoms with Gasteiger partial charge in [0, 0.05) is 6.61 Å². The van der Waals surface area contributed by atoms with Crippen LogP contribution in [0.1, 0.15) is 45.4 Å². The third-order valence-electron chi connectivity index (χ3n) is 1.51. The molecule has 0 heterocycles. The molecule has 0 unspecified atom stereocenters. The van der Waals surface area contributed by atoms with Crippen molar-refractivity contribution in [3.63, 3.8) is 0 Å². The number of unbranched alkanes of at least 4 members (excludes halogenated alkanes) is 5. The van der Waals surface area contributed by atoms with Crippen LogP contribution < -0.4 is 0 Å². The molecule has 0 aromatic carbocycles. The van der Waals surface area contributed by atoms with Gasteiger partial charge in [-0.1, -0.05) is 39.0 Å². The lowest BCUT2D eigenvalue weighted by Crippen LogP contribution is -1.82. The van der Waals surface area contributed by atoms with Gasteiger partial charge in [0.25, 0.3) is 0 Å². The molecule has 0 radical (unpaired) electrons. The summed E-state index contributed by atoms with van der Waals surface area (Å²) in [5.41, 5.74) is 0. The van der Waals surface area contributed by atoms with Crippen molar-refractivity contribution in [2.75, 3.05) is 6.61 Å². The van der Waals surface area contributed by atoms with E-state index in [2.05, 4.69) is 6.92 Å². The number of aliphatic hydroxyl groups is 1. The second-order valence-corrected chi connectivity index (χ2v) is 2.49. The molecule has 0 aliphatic heterocycles. The zero-order valence-electron chi connectivity index (χ0n) is 6.81. The van der Waals surface area contributed by atoms with Crippen LogP contribution in [0.15, 0.2) is 0 Å². The Morgan fingerprint density at radius 2 is 1.40 bits per heavy atom.